The van der Waals surface area contributed by atoms with Crippen LogP contribution in [0.3, 0.4) is 0 Å². The summed E-state index contributed by atoms with van der Waals surface area (Å²) < 4.78 is 0. The number of H-pyrrole nitrogens is 1. The number of aromatic nitrogens is 1. The van der Waals surface area contributed by atoms with E-state index < -0.39 is 11.7 Å². The maximum Gasteiger partial charge on any atom is 0.251 e. The molecule has 1 atom stereocenters. The normalized spacial score (nSPS) is 12.9. The zero-order valence-corrected chi connectivity index (χ0v) is 6.03. The summed E-state index contributed by atoms with van der Waals surface area (Å²) in [5.74, 6) is -0.228. The number of pyridine rings is 1. The maximum atomic E-state index is 10.7. The maximum absolute atomic E-state index is 10.7. The number of hydrogen-bond donors (Lipinski definition) is 3. The zero-order valence-electron chi connectivity index (χ0n) is 6.03. The first-order valence-corrected chi connectivity index (χ1v) is 3.21. The van der Waals surface area contributed by atoms with Crippen LogP contribution in [0.5, 0.6) is 5.88 Å². The Hall–Kier alpha value is -1.29. The Morgan fingerprint density at radius 1 is 1.55 bits per heavy atom. The van der Waals surface area contributed by atoms with Gasteiger partial charge >= 0.3 is 0 Å². The van der Waals surface area contributed by atoms with E-state index in [2.05, 4.69) is 4.98 Å². The van der Waals surface area contributed by atoms with Crippen molar-refractivity contribution < 1.29 is 10.2 Å². The molecule has 11 heavy (non-hydrogen) atoms. The highest BCUT2D eigenvalue weighted by atomic mass is 16.3. The second kappa shape index (κ2) is 2.75. The molecule has 1 heterocycles. The van der Waals surface area contributed by atoms with Crippen molar-refractivity contribution in [1.29, 1.82) is 0 Å². The molecule has 0 saturated carbocycles. The smallest absolute Gasteiger partial charge is 0.251 e. The van der Waals surface area contributed by atoms with E-state index in [-0.39, 0.29) is 5.88 Å². The Labute approximate surface area is 63.1 Å². The molecule has 0 amide bonds. The van der Waals surface area contributed by atoms with Gasteiger partial charge in [-0.1, -0.05) is 0 Å². The number of aliphatic hydroxyl groups excluding tert-OH is 1. The third-order valence-electron chi connectivity index (χ3n) is 1.33. The van der Waals surface area contributed by atoms with Crippen LogP contribution in [0.25, 0.3) is 0 Å². The molecule has 1 aromatic heterocycles. The van der Waals surface area contributed by atoms with Gasteiger partial charge in [0.2, 0.25) is 0 Å². The van der Waals surface area contributed by atoms with Crippen LogP contribution in [0, 0.1) is 0 Å². The summed E-state index contributed by atoms with van der Waals surface area (Å²) in [5, 5.41) is 17.9. The molecule has 0 fully saturated rings. The van der Waals surface area contributed by atoms with Gasteiger partial charge in [0.15, 0.2) is 5.88 Å². The van der Waals surface area contributed by atoms with Crippen molar-refractivity contribution in [2.45, 2.75) is 13.0 Å². The van der Waals surface area contributed by atoms with Crippen LogP contribution in [0.15, 0.2) is 16.9 Å². The molecule has 0 bridgehead atoms. The predicted octanol–water partition coefficient (Wildman–Crippen LogP) is 0.134. The molecule has 1 rings (SSSR count). The number of nitrogens with one attached hydrogen (secondary N) is 1. The third kappa shape index (κ3) is 1.81. The quantitative estimate of drug-likeness (QED) is 0.539. The summed E-state index contributed by atoms with van der Waals surface area (Å²) in [6.07, 6.45) is -0.733. The van der Waals surface area contributed by atoms with Gasteiger partial charge in [0.05, 0.1) is 6.10 Å². The van der Waals surface area contributed by atoms with Crippen molar-refractivity contribution in [3.63, 3.8) is 0 Å². The predicted molar refractivity (Wildman–Crippen MR) is 39.4 cm³/mol. The molecular formula is C7H9NO3. The Bertz CT molecular complexity index is 303. The van der Waals surface area contributed by atoms with Crippen molar-refractivity contribution in [2.24, 2.45) is 0 Å². The Morgan fingerprint density at radius 2 is 2.18 bits per heavy atom. The highest BCUT2D eigenvalue weighted by molar-refractivity contribution is 5.20. The van der Waals surface area contributed by atoms with Crippen LogP contribution < -0.4 is 5.56 Å². The molecule has 0 aliphatic heterocycles. The van der Waals surface area contributed by atoms with E-state index in [9.17, 15) is 4.79 Å². The molecule has 0 radical (unpaired) electrons. The lowest BCUT2D eigenvalue weighted by molar-refractivity contribution is 0.198. The largest absolute Gasteiger partial charge is 0.495 e. The lowest BCUT2D eigenvalue weighted by atomic mass is 10.2. The highest BCUT2D eigenvalue weighted by Crippen LogP contribution is 2.12. The van der Waals surface area contributed by atoms with Gasteiger partial charge in [-0.2, -0.15) is 0 Å². The summed E-state index contributed by atoms with van der Waals surface area (Å²) >= 11 is 0. The summed E-state index contributed by atoms with van der Waals surface area (Å²) in [4.78, 5) is 12.8. The molecular weight excluding hydrogens is 146 g/mol. The topological polar surface area (TPSA) is 73.3 Å². The van der Waals surface area contributed by atoms with Crippen LogP contribution in [0.2, 0.25) is 0 Å². The Kier molecular flexibility index (Phi) is 1.96. The van der Waals surface area contributed by atoms with Gasteiger partial charge in [-0.05, 0) is 12.5 Å². The van der Waals surface area contributed by atoms with Crippen molar-refractivity contribution in [3.05, 3.63) is 28.0 Å². The monoisotopic (exact) mass is 155 g/mol. The van der Waals surface area contributed by atoms with Crippen molar-refractivity contribution in [2.75, 3.05) is 0 Å². The van der Waals surface area contributed by atoms with Gasteiger partial charge in [-0.3, -0.25) is 9.78 Å². The van der Waals surface area contributed by atoms with E-state index >= 15 is 0 Å². The first-order chi connectivity index (χ1) is 5.09. The molecule has 4 nitrogen and oxygen atoms in total. The average Bonchev–Trinajstić information content (AvgIpc) is 1.85. The first-order valence-electron chi connectivity index (χ1n) is 3.21. The summed E-state index contributed by atoms with van der Waals surface area (Å²) in [6, 6.07) is 2.55. The highest BCUT2D eigenvalue weighted by Gasteiger charge is 2.02. The van der Waals surface area contributed by atoms with Crippen molar-refractivity contribution in [3.8, 4) is 5.88 Å². The number of rotatable bonds is 1. The number of aromatic amines is 1. The van der Waals surface area contributed by atoms with E-state index in [1.54, 1.807) is 0 Å². The summed E-state index contributed by atoms with van der Waals surface area (Å²) in [6.45, 7) is 1.52. The third-order valence-corrected chi connectivity index (χ3v) is 1.33. The van der Waals surface area contributed by atoms with Crippen molar-refractivity contribution in [1.82, 2.24) is 4.98 Å². The van der Waals surface area contributed by atoms with Crippen LogP contribution in [-0.4, -0.2) is 15.2 Å². The van der Waals surface area contributed by atoms with Gasteiger partial charge in [-0.15, -0.1) is 0 Å². The first kappa shape index (κ1) is 7.81. The fourth-order valence-corrected chi connectivity index (χ4v) is 0.791. The minimum absolute atomic E-state index is 0.228. The second-order valence-corrected chi connectivity index (χ2v) is 2.34. The van der Waals surface area contributed by atoms with Gasteiger partial charge in [0.25, 0.3) is 5.56 Å². The zero-order chi connectivity index (χ0) is 8.43. The van der Waals surface area contributed by atoms with E-state index in [0.717, 1.165) is 0 Å². The van der Waals surface area contributed by atoms with E-state index in [1.807, 2.05) is 0 Å². The second-order valence-electron chi connectivity index (χ2n) is 2.34. The fourth-order valence-electron chi connectivity index (χ4n) is 0.791. The average molecular weight is 155 g/mol. The van der Waals surface area contributed by atoms with E-state index in [1.165, 1.54) is 19.1 Å². The van der Waals surface area contributed by atoms with Gasteiger partial charge < -0.3 is 10.2 Å². The Balaban J connectivity index is 3.19. The molecule has 0 spiro atoms. The number of aromatic hydroxyl groups is 1. The molecule has 60 valence electrons. The summed E-state index contributed by atoms with van der Waals surface area (Å²) in [7, 11) is 0. The van der Waals surface area contributed by atoms with Gasteiger partial charge in [0.1, 0.15) is 0 Å². The van der Waals surface area contributed by atoms with Crippen LogP contribution in [-0.2, 0) is 0 Å². The molecule has 4 heteroatoms. The summed E-state index contributed by atoms with van der Waals surface area (Å²) in [5.41, 5.74) is -0.00727. The van der Waals surface area contributed by atoms with Gasteiger partial charge in [-0.25, -0.2) is 0 Å². The van der Waals surface area contributed by atoms with Crippen LogP contribution in [0.4, 0.5) is 0 Å². The SMILES string of the molecule is CC(O)c1cc(O)[nH]c(=O)c1. The molecule has 1 aromatic rings. The van der Waals surface area contributed by atoms with E-state index in [0.29, 0.717) is 5.56 Å². The van der Waals surface area contributed by atoms with Crippen molar-refractivity contribution >= 4 is 0 Å². The minimum Gasteiger partial charge on any atom is -0.495 e. The molecule has 3 N–H and O–H groups in total. The van der Waals surface area contributed by atoms with Crippen LogP contribution in [0.1, 0.15) is 18.6 Å². The molecule has 0 saturated heterocycles. The van der Waals surface area contributed by atoms with Gasteiger partial charge in [0, 0.05) is 12.1 Å². The standard InChI is InChI=1S/C7H9NO3/c1-4(9)5-2-6(10)8-7(11)3-5/h2-4,9H,1H3,(H2,8,10,11). The molecule has 0 aliphatic rings. The molecule has 1 unspecified atom stereocenters. The lowest BCUT2D eigenvalue weighted by Crippen LogP contribution is -2.06. The Morgan fingerprint density at radius 3 is 2.64 bits per heavy atom. The minimum atomic E-state index is -0.733. The van der Waals surface area contributed by atoms with Crippen LogP contribution >= 0.6 is 0 Å². The van der Waals surface area contributed by atoms with E-state index in [4.69, 9.17) is 10.2 Å². The molecule has 0 aromatic carbocycles. The number of aliphatic hydroxyl groups is 1. The lowest BCUT2D eigenvalue weighted by Gasteiger charge is -2.02. The fraction of sp³-hybridized carbons (Fsp3) is 0.286. The number of hydrogen-bond acceptors (Lipinski definition) is 3. The molecule has 0 aliphatic carbocycles.